The highest BCUT2D eigenvalue weighted by atomic mass is 14.0. The maximum absolute atomic E-state index is 5.56. The minimum atomic E-state index is 0.605. The maximum atomic E-state index is 5.56. The SMILES string of the molecule is [B]Cc1ccc(-c2ccc(C)cc2)cc1. The van der Waals surface area contributed by atoms with E-state index < -0.39 is 0 Å². The molecule has 0 spiro atoms. The quantitative estimate of drug-likeness (QED) is 0.640. The lowest BCUT2D eigenvalue weighted by molar-refractivity contribution is 1.40. The normalized spacial score (nSPS) is 10.2. The molecule has 0 heterocycles. The van der Waals surface area contributed by atoms with Crippen molar-refractivity contribution in [3.8, 4) is 11.1 Å². The van der Waals surface area contributed by atoms with E-state index in [0.29, 0.717) is 6.32 Å². The predicted octanol–water partition coefficient (Wildman–Crippen LogP) is 3.33. The molecule has 0 aromatic heterocycles. The van der Waals surface area contributed by atoms with Gasteiger partial charge in [0.2, 0.25) is 0 Å². The zero-order valence-corrected chi connectivity index (χ0v) is 8.90. The van der Waals surface area contributed by atoms with Gasteiger partial charge in [-0.05, 0) is 18.1 Å². The molecule has 0 saturated heterocycles. The Kier molecular flexibility index (Phi) is 2.91. The van der Waals surface area contributed by atoms with Gasteiger partial charge in [-0.3, -0.25) is 0 Å². The van der Waals surface area contributed by atoms with Crippen molar-refractivity contribution < 1.29 is 0 Å². The Morgan fingerprint density at radius 1 is 0.800 bits per heavy atom. The van der Waals surface area contributed by atoms with Crippen LogP contribution in [-0.4, -0.2) is 7.85 Å². The molecule has 0 atom stereocenters. The lowest BCUT2D eigenvalue weighted by Gasteiger charge is -2.03. The fourth-order valence-electron chi connectivity index (χ4n) is 1.58. The molecular formula is C14H13B. The summed E-state index contributed by atoms with van der Waals surface area (Å²) in [5.74, 6) is 0. The molecule has 0 aliphatic rings. The van der Waals surface area contributed by atoms with Crippen LogP contribution in [0.1, 0.15) is 11.1 Å². The van der Waals surface area contributed by atoms with E-state index in [1.54, 1.807) is 0 Å². The Morgan fingerprint density at radius 2 is 1.27 bits per heavy atom. The summed E-state index contributed by atoms with van der Waals surface area (Å²) in [4.78, 5) is 0. The standard InChI is InChI=1S/C14H13B/c1-11-2-6-13(7-3-11)14-8-4-12(10-15)5-9-14/h2-9H,10H2,1H3. The third-order valence-electron chi connectivity index (χ3n) is 2.57. The Balaban J connectivity index is 2.33. The number of rotatable bonds is 2. The number of hydrogen-bond donors (Lipinski definition) is 0. The van der Waals surface area contributed by atoms with Crippen molar-refractivity contribution in [1.82, 2.24) is 0 Å². The predicted molar refractivity (Wildman–Crippen MR) is 66.1 cm³/mol. The Bertz CT molecular complexity index is 426. The minimum absolute atomic E-state index is 0.605. The topological polar surface area (TPSA) is 0 Å². The van der Waals surface area contributed by atoms with Gasteiger partial charge in [-0.1, -0.05) is 66.0 Å². The maximum Gasteiger partial charge on any atom is 0.0716 e. The molecule has 0 aliphatic carbocycles. The highest BCUT2D eigenvalue weighted by Crippen LogP contribution is 2.20. The van der Waals surface area contributed by atoms with Crippen LogP contribution in [0.4, 0.5) is 0 Å². The molecule has 0 fully saturated rings. The van der Waals surface area contributed by atoms with Gasteiger partial charge >= 0.3 is 0 Å². The van der Waals surface area contributed by atoms with Crippen LogP contribution in [0.5, 0.6) is 0 Å². The van der Waals surface area contributed by atoms with Crippen molar-refractivity contribution in [3.05, 3.63) is 59.7 Å². The van der Waals surface area contributed by atoms with E-state index in [-0.39, 0.29) is 0 Å². The van der Waals surface area contributed by atoms with Crippen molar-refractivity contribution in [3.63, 3.8) is 0 Å². The second-order valence-corrected chi connectivity index (χ2v) is 3.77. The number of benzene rings is 2. The smallest absolute Gasteiger partial charge is 0.0643 e. The van der Waals surface area contributed by atoms with E-state index >= 15 is 0 Å². The molecule has 0 amide bonds. The monoisotopic (exact) mass is 192 g/mol. The molecule has 1 heteroatoms. The largest absolute Gasteiger partial charge is 0.0716 e. The fourth-order valence-corrected chi connectivity index (χ4v) is 1.58. The van der Waals surface area contributed by atoms with Crippen molar-refractivity contribution in [2.24, 2.45) is 0 Å². The van der Waals surface area contributed by atoms with Crippen LogP contribution in [-0.2, 0) is 6.32 Å². The molecule has 0 aliphatic heterocycles. The molecule has 0 nitrogen and oxygen atoms in total. The summed E-state index contributed by atoms with van der Waals surface area (Å²) in [7, 11) is 5.56. The molecule has 2 aromatic carbocycles. The molecular weight excluding hydrogens is 179 g/mol. The van der Waals surface area contributed by atoms with Crippen molar-refractivity contribution >= 4 is 7.85 Å². The first-order chi connectivity index (χ1) is 7.29. The molecule has 2 rings (SSSR count). The summed E-state index contributed by atoms with van der Waals surface area (Å²) in [5, 5.41) is 0. The van der Waals surface area contributed by atoms with Gasteiger partial charge in [0, 0.05) is 0 Å². The van der Waals surface area contributed by atoms with Crippen molar-refractivity contribution in [2.75, 3.05) is 0 Å². The average Bonchev–Trinajstić information content (AvgIpc) is 2.30. The van der Waals surface area contributed by atoms with Crippen LogP contribution in [0.25, 0.3) is 11.1 Å². The van der Waals surface area contributed by atoms with Crippen molar-refractivity contribution in [1.29, 1.82) is 0 Å². The lowest BCUT2D eigenvalue weighted by Crippen LogP contribution is -1.83. The highest BCUT2D eigenvalue weighted by molar-refractivity contribution is 6.08. The van der Waals surface area contributed by atoms with E-state index in [1.165, 1.54) is 22.3 Å². The van der Waals surface area contributed by atoms with Crippen molar-refractivity contribution in [2.45, 2.75) is 13.2 Å². The molecule has 2 radical (unpaired) electrons. The third kappa shape index (κ3) is 2.30. The summed E-state index contributed by atoms with van der Waals surface area (Å²) in [6.07, 6.45) is 0.605. The van der Waals surface area contributed by atoms with Gasteiger partial charge in [0.25, 0.3) is 0 Å². The van der Waals surface area contributed by atoms with E-state index in [2.05, 4.69) is 55.5 Å². The zero-order valence-electron chi connectivity index (χ0n) is 8.90. The van der Waals surface area contributed by atoms with E-state index in [4.69, 9.17) is 7.85 Å². The zero-order chi connectivity index (χ0) is 10.7. The Morgan fingerprint density at radius 3 is 1.73 bits per heavy atom. The second kappa shape index (κ2) is 4.35. The minimum Gasteiger partial charge on any atom is -0.0643 e. The fraction of sp³-hybridized carbons (Fsp3) is 0.143. The summed E-state index contributed by atoms with van der Waals surface area (Å²) in [5.41, 5.74) is 4.96. The van der Waals surface area contributed by atoms with Gasteiger partial charge in [-0.2, -0.15) is 0 Å². The summed E-state index contributed by atoms with van der Waals surface area (Å²) in [6, 6.07) is 16.9. The van der Waals surface area contributed by atoms with Crippen LogP contribution in [0.15, 0.2) is 48.5 Å². The molecule has 2 aromatic rings. The number of aryl methyl sites for hydroxylation is 1. The van der Waals surface area contributed by atoms with Gasteiger partial charge in [-0.25, -0.2) is 0 Å². The Labute approximate surface area is 92.4 Å². The van der Waals surface area contributed by atoms with Gasteiger partial charge in [0.05, 0.1) is 7.85 Å². The molecule has 0 N–H and O–H groups in total. The lowest BCUT2D eigenvalue weighted by atomic mass is 9.95. The van der Waals surface area contributed by atoms with Crippen LogP contribution in [0.2, 0.25) is 0 Å². The first kappa shape index (κ1) is 10.0. The molecule has 72 valence electrons. The number of hydrogen-bond acceptors (Lipinski definition) is 0. The van der Waals surface area contributed by atoms with Gasteiger partial charge in [0.15, 0.2) is 0 Å². The van der Waals surface area contributed by atoms with Crippen LogP contribution < -0.4 is 0 Å². The van der Waals surface area contributed by atoms with Gasteiger partial charge in [-0.15, -0.1) is 0 Å². The highest BCUT2D eigenvalue weighted by Gasteiger charge is 1.96. The van der Waals surface area contributed by atoms with Crippen LogP contribution in [0, 0.1) is 6.92 Å². The second-order valence-electron chi connectivity index (χ2n) is 3.77. The molecule has 15 heavy (non-hydrogen) atoms. The van der Waals surface area contributed by atoms with Crippen LogP contribution in [0.3, 0.4) is 0 Å². The van der Waals surface area contributed by atoms with Gasteiger partial charge in [0.1, 0.15) is 0 Å². The first-order valence-corrected chi connectivity index (χ1v) is 5.15. The van der Waals surface area contributed by atoms with Gasteiger partial charge < -0.3 is 0 Å². The van der Waals surface area contributed by atoms with E-state index in [9.17, 15) is 0 Å². The summed E-state index contributed by atoms with van der Waals surface area (Å²) >= 11 is 0. The summed E-state index contributed by atoms with van der Waals surface area (Å²) < 4.78 is 0. The molecule has 0 bridgehead atoms. The average molecular weight is 192 g/mol. The van der Waals surface area contributed by atoms with Crippen LogP contribution >= 0.6 is 0 Å². The van der Waals surface area contributed by atoms with E-state index in [1.807, 2.05) is 0 Å². The Hall–Kier alpha value is -1.50. The van der Waals surface area contributed by atoms with E-state index in [0.717, 1.165) is 0 Å². The third-order valence-corrected chi connectivity index (χ3v) is 2.57. The molecule has 0 saturated carbocycles. The first-order valence-electron chi connectivity index (χ1n) is 5.15. The molecule has 0 unspecified atom stereocenters. The summed E-state index contributed by atoms with van der Waals surface area (Å²) in [6.45, 7) is 2.10.